The van der Waals surface area contributed by atoms with Gasteiger partial charge >= 0.3 is 0 Å². The van der Waals surface area contributed by atoms with Crippen LogP contribution in [0.4, 0.5) is 0 Å². The summed E-state index contributed by atoms with van der Waals surface area (Å²) >= 11 is 1.49. The summed E-state index contributed by atoms with van der Waals surface area (Å²) in [6, 6.07) is 10.6. The minimum absolute atomic E-state index is 0.0513. The predicted molar refractivity (Wildman–Crippen MR) is 90.6 cm³/mol. The number of carbonyl (C=O) groups excluding carboxylic acids is 1. The summed E-state index contributed by atoms with van der Waals surface area (Å²) in [5.41, 5.74) is 5.21. The molecule has 4 rings (SSSR count). The van der Waals surface area contributed by atoms with Crippen LogP contribution in [-0.2, 0) is 12.8 Å². The number of amides is 1. The van der Waals surface area contributed by atoms with Crippen LogP contribution < -0.4 is 5.32 Å². The van der Waals surface area contributed by atoms with Gasteiger partial charge in [-0.15, -0.1) is 11.3 Å². The van der Waals surface area contributed by atoms with Gasteiger partial charge in [0.1, 0.15) is 0 Å². The molecule has 0 bridgehead atoms. The number of benzene rings is 1. The molecule has 3 nitrogen and oxygen atoms in total. The fourth-order valence-corrected chi connectivity index (χ4v) is 3.96. The molecule has 2 heterocycles. The molecule has 0 saturated carbocycles. The molecular weight excluding hydrogens is 292 g/mol. The summed E-state index contributed by atoms with van der Waals surface area (Å²) in [6.07, 6.45) is 2.92. The molecule has 1 amide bonds. The van der Waals surface area contributed by atoms with Gasteiger partial charge in [0, 0.05) is 29.1 Å². The Bertz CT molecular complexity index is 832. The second-order valence-corrected chi connectivity index (χ2v) is 6.97. The van der Waals surface area contributed by atoms with Gasteiger partial charge in [-0.1, -0.05) is 17.7 Å². The maximum Gasteiger partial charge on any atom is 0.261 e. The second-order valence-electron chi connectivity index (χ2n) is 6.02. The number of fused-ring (bicyclic) bond motifs is 3. The molecule has 4 heteroatoms. The van der Waals surface area contributed by atoms with Crippen LogP contribution in [0.1, 0.15) is 32.9 Å². The van der Waals surface area contributed by atoms with E-state index in [0.29, 0.717) is 0 Å². The quantitative estimate of drug-likeness (QED) is 0.742. The summed E-state index contributed by atoms with van der Waals surface area (Å²) in [7, 11) is 0. The van der Waals surface area contributed by atoms with Crippen molar-refractivity contribution in [2.75, 3.05) is 0 Å². The van der Waals surface area contributed by atoms with E-state index in [-0.39, 0.29) is 11.9 Å². The Labute approximate surface area is 133 Å². The maximum atomic E-state index is 12.2. The van der Waals surface area contributed by atoms with Crippen molar-refractivity contribution in [3.8, 4) is 0 Å². The van der Waals surface area contributed by atoms with Crippen LogP contribution in [0, 0.1) is 6.92 Å². The molecule has 22 heavy (non-hydrogen) atoms. The Kier molecular flexibility index (Phi) is 3.26. The molecule has 1 unspecified atom stereocenters. The molecule has 2 N–H and O–H groups in total. The lowest BCUT2D eigenvalue weighted by Crippen LogP contribution is -2.38. The molecule has 0 spiro atoms. The molecule has 112 valence electrons. The first-order valence-electron chi connectivity index (χ1n) is 7.65. The number of hydrogen-bond acceptors (Lipinski definition) is 2. The molecule has 0 aliphatic heterocycles. The van der Waals surface area contributed by atoms with Gasteiger partial charge in [0.2, 0.25) is 0 Å². The van der Waals surface area contributed by atoms with Gasteiger partial charge in [-0.25, -0.2) is 0 Å². The van der Waals surface area contributed by atoms with Crippen LogP contribution in [0.5, 0.6) is 0 Å². The van der Waals surface area contributed by atoms with Crippen molar-refractivity contribution in [1.82, 2.24) is 10.3 Å². The molecule has 1 aromatic carbocycles. The van der Waals surface area contributed by atoms with Crippen LogP contribution in [0.2, 0.25) is 0 Å². The summed E-state index contributed by atoms with van der Waals surface area (Å²) < 4.78 is 0. The third-order valence-electron chi connectivity index (χ3n) is 4.42. The zero-order chi connectivity index (χ0) is 15.1. The van der Waals surface area contributed by atoms with E-state index in [2.05, 4.69) is 35.4 Å². The first-order chi connectivity index (χ1) is 10.7. The summed E-state index contributed by atoms with van der Waals surface area (Å²) in [5, 5.41) is 6.45. The zero-order valence-corrected chi connectivity index (χ0v) is 13.3. The number of rotatable bonds is 2. The molecule has 1 aliphatic carbocycles. The monoisotopic (exact) mass is 310 g/mol. The second kappa shape index (κ2) is 5.29. The lowest BCUT2D eigenvalue weighted by Gasteiger charge is -2.23. The van der Waals surface area contributed by atoms with Crippen molar-refractivity contribution in [2.45, 2.75) is 32.2 Å². The van der Waals surface area contributed by atoms with Gasteiger partial charge in [-0.3, -0.25) is 4.79 Å². The van der Waals surface area contributed by atoms with Gasteiger partial charge in [-0.05, 0) is 48.9 Å². The number of aryl methyl sites for hydroxylation is 2. The number of carbonyl (C=O) groups is 1. The third-order valence-corrected chi connectivity index (χ3v) is 5.29. The van der Waals surface area contributed by atoms with Gasteiger partial charge in [-0.2, -0.15) is 0 Å². The summed E-state index contributed by atoms with van der Waals surface area (Å²) in [5.74, 6) is 0.0513. The van der Waals surface area contributed by atoms with E-state index < -0.39 is 0 Å². The Hall–Kier alpha value is -2.07. The van der Waals surface area contributed by atoms with Crippen LogP contribution in [0.15, 0.2) is 35.7 Å². The highest BCUT2D eigenvalue weighted by Crippen LogP contribution is 2.30. The van der Waals surface area contributed by atoms with Crippen molar-refractivity contribution >= 4 is 28.1 Å². The number of aromatic amines is 1. The van der Waals surface area contributed by atoms with Crippen LogP contribution in [0.3, 0.4) is 0 Å². The van der Waals surface area contributed by atoms with Gasteiger partial charge < -0.3 is 10.3 Å². The van der Waals surface area contributed by atoms with E-state index in [1.807, 2.05) is 17.5 Å². The van der Waals surface area contributed by atoms with E-state index in [1.165, 1.54) is 39.1 Å². The summed E-state index contributed by atoms with van der Waals surface area (Å²) in [6.45, 7) is 2.13. The van der Waals surface area contributed by atoms with Crippen molar-refractivity contribution in [1.29, 1.82) is 0 Å². The number of H-pyrrole nitrogens is 1. The number of aromatic nitrogens is 1. The highest BCUT2D eigenvalue weighted by atomic mass is 32.1. The lowest BCUT2D eigenvalue weighted by atomic mass is 9.91. The Morgan fingerprint density at radius 1 is 1.36 bits per heavy atom. The van der Waals surface area contributed by atoms with E-state index in [4.69, 9.17) is 0 Å². The molecule has 1 atom stereocenters. The van der Waals surface area contributed by atoms with Crippen LogP contribution in [0.25, 0.3) is 10.9 Å². The largest absolute Gasteiger partial charge is 0.358 e. The Morgan fingerprint density at radius 2 is 2.27 bits per heavy atom. The van der Waals surface area contributed by atoms with E-state index >= 15 is 0 Å². The predicted octanol–water partition coefficient (Wildman–Crippen LogP) is 3.83. The first-order valence-corrected chi connectivity index (χ1v) is 8.53. The van der Waals surface area contributed by atoms with Crippen LogP contribution in [-0.4, -0.2) is 16.9 Å². The normalized spacial score (nSPS) is 17.4. The fraction of sp³-hybridized carbons (Fsp3) is 0.278. The Morgan fingerprint density at radius 3 is 3.09 bits per heavy atom. The van der Waals surface area contributed by atoms with Gasteiger partial charge in [0.25, 0.3) is 5.91 Å². The van der Waals surface area contributed by atoms with Crippen molar-refractivity contribution in [3.05, 3.63) is 57.4 Å². The van der Waals surface area contributed by atoms with Crippen LogP contribution >= 0.6 is 11.3 Å². The van der Waals surface area contributed by atoms with Gasteiger partial charge in [0.15, 0.2) is 0 Å². The minimum atomic E-state index is 0.0513. The molecule has 0 saturated heterocycles. The van der Waals surface area contributed by atoms with Crippen molar-refractivity contribution < 1.29 is 4.79 Å². The number of thiophene rings is 1. The standard InChI is InChI=1S/C18H18N2OS/c1-11-4-7-15-14(9-11)13-6-5-12(10-16(13)20-15)19-18(21)17-3-2-8-22-17/h2-4,7-9,12,20H,5-6,10H2,1H3,(H,19,21). The van der Waals surface area contributed by atoms with E-state index in [1.54, 1.807) is 0 Å². The molecule has 3 aromatic rings. The maximum absolute atomic E-state index is 12.2. The van der Waals surface area contributed by atoms with Crippen molar-refractivity contribution in [3.63, 3.8) is 0 Å². The highest BCUT2D eigenvalue weighted by Gasteiger charge is 2.24. The molecule has 1 aliphatic rings. The average molecular weight is 310 g/mol. The van der Waals surface area contributed by atoms with Gasteiger partial charge in [0.05, 0.1) is 4.88 Å². The molecule has 0 fully saturated rings. The van der Waals surface area contributed by atoms with E-state index in [9.17, 15) is 4.79 Å². The average Bonchev–Trinajstić information content (AvgIpc) is 3.14. The molecule has 2 aromatic heterocycles. The molecular formula is C18H18N2OS. The van der Waals surface area contributed by atoms with E-state index in [0.717, 1.165) is 24.1 Å². The Balaban J connectivity index is 1.57. The highest BCUT2D eigenvalue weighted by molar-refractivity contribution is 7.12. The lowest BCUT2D eigenvalue weighted by molar-refractivity contribution is 0.0937. The first kappa shape index (κ1) is 13.6. The topological polar surface area (TPSA) is 44.9 Å². The minimum Gasteiger partial charge on any atom is -0.358 e. The fourth-order valence-electron chi connectivity index (χ4n) is 3.33. The SMILES string of the molecule is Cc1ccc2[nH]c3c(c2c1)CCC(NC(=O)c1cccs1)C3. The number of nitrogens with one attached hydrogen (secondary N) is 2. The number of hydrogen-bond donors (Lipinski definition) is 2. The smallest absolute Gasteiger partial charge is 0.261 e. The summed E-state index contributed by atoms with van der Waals surface area (Å²) in [4.78, 5) is 16.5. The van der Waals surface area contributed by atoms with Crippen molar-refractivity contribution in [2.24, 2.45) is 0 Å². The third kappa shape index (κ3) is 2.33. The zero-order valence-electron chi connectivity index (χ0n) is 12.5. The molecule has 0 radical (unpaired) electrons.